The summed E-state index contributed by atoms with van der Waals surface area (Å²) >= 11 is 0. The van der Waals surface area contributed by atoms with Crippen LogP contribution >= 0.6 is 0 Å². The monoisotopic (exact) mass is 383 g/mol. The van der Waals surface area contributed by atoms with Crippen LogP contribution < -0.4 is 15.1 Å². The van der Waals surface area contributed by atoms with Crippen molar-refractivity contribution in [1.82, 2.24) is 0 Å². The summed E-state index contributed by atoms with van der Waals surface area (Å²) in [6, 6.07) is 12.4. The van der Waals surface area contributed by atoms with E-state index in [1.54, 1.807) is 12.1 Å². The van der Waals surface area contributed by atoms with Gasteiger partial charge >= 0.3 is 0 Å². The Bertz CT molecular complexity index is 813. The van der Waals surface area contributed by atoms with E-state index in [0.717, 1.165) is 62.0 Å². The van der Waals surface area contributed by atoms with Crippen molar-refractivity contribution in [3.63, 3.8) is 0 Å². The van der Waals surface area contributed by atoms with Gasteiger partial charge in [0.05, 0.1) is 31.0 Å². The third-order valence-corrected chi connectivity index (χ3v) is 5.36. The first-order valence-electron chi connectivity index (χ1n) is 9.95. The van der Waals surface area contributed by atoms with Gasteiger partial charge in [-0.3, -0.25) is 4.79 Å². The molecule has 0 aromatic heterocycles. The Morgan fingerprint density at radius 2 is 1.68 bits per heavy atom. The lowest BCUT2D eigenvalue weighted by Crippen LogP contribution is -2.36. The van der Waals surface area contributed by atoms with Gasteiger partial charge in [0.25, 0.3) is 0 Å². The predicted molar refractivity (Wildman–Crippen MR) is 110 cm³/mol. The average Bonchev–Trinajstić information content (AvgIpc) is 3.25. The minimum Gasteiger partial charge on any atom is -0.378 e. The highest BCUT2D eigenvalue weighted by molar-refractivity contribution is 5.96. The number of hydrogen-bond donors (Lipinski definition) is 1. The summed E-state index contributed by atoms with van der Waals surface area (Å²) in [5, 5.41) is 3.10. The second kappa shape index (κ2) is 8.61. The zero-order valence-corrected chi connectivity index (χ0v) is 16.0. The molecule has 4 rings (SSSR count). The molecule has 0 atom stereocenters. The smallest absolute Gasteiger partial charge is 0.228 e. The molecule has 28 heavy (non-hydrogen) atoms. The number of amides is 1. The van der Waals surface area contributed by atoms with Gasteiger partial charge in [0.2, 0.25) is 5.91 Å². The van der Waals surface area contributed by atoms with E-state index >= 15 is 0 Å². The predicted octanol–water partition coefficient (Wildman–Crippen LogP) is 3.44. The highest BCUT2D eigenvalue weighted by atomic mass is 19.1. The first-order chi connectivity index (χ1) is 13.7. The fourth-order valence-electron chi connectivity index (χ4n) is 3.86. The molecule has 6 heteroatoms. The molecule has 2 saturated heterocycles. The van der Waals surface area contributed by atoms with Crippen molar-refractivity contribution in [2.75, 3.05) is 54.5 Å². The van der Waals surface area contributed by atoms with Crippen LogP contribution in [0.4, 0.5) is 21.5 Å². The summed E-state index contributed by atoms with van der Waals surface area (Å²) in [4.78, 5) is 17.3. The van der Waals surface area contributed by atoms with Crippen LogP contribution in [0, 0.1) is 5.82 Å². The molecule has 2 fully saturated rings. The van der Waals surface area contributed by atoms with Crippen LogP contribution in [0.1, 0.15) is 18.4 Å². The lowest BCUT2D eigenvalue weighted by atomic mass is 10.1. The van der Waals surface area contributed by atoms with Crippen molar-refractivity contribution in [3.8, 4) is 0 Å². The van der Waals surface area contributed by atoms with Crippen molar-refractivity contribution in [1.29, 1.82) is 0 Å². The molecule has 1 N–H and O–H groups in total. The number of anilines is 3. The van der Waals surface area contributed by atoms with E-state index in [1.165, 1.54) is 25.0 Å². The van der Waals surface area contributed by atoms with Crippen LogP contribution in [-0.2, 0) is 16.0 Å². The van der Waals surface area contributed by atoms with Crippen molar-refractivity contribution >= 4 is 23.0 Å². The molecular formula is C22H26FN3O2. The van der Waals surface area contributed by atoms with Gasteiger partial charge in [0, 0.05) is 31.9 Å². The van der Waals surface area contributed by atoms with Gasteiger partial charge in [-0.2, -0.15) is 0 Å². The standard InChI is InChI=1S/C22H26FN3O2/c23-18-5-3-17(4-6-18)15-22(27)24-20-16-19(25-11-13-28-14-12-25)7-8-21(20)26-9-1-2-10-26/h3-8,16H,1-2,9-15H2,(H,24,27). The minimum atomic E-state index is -0.293. The second-order valence-corrected chi connectivity index (χ2v) is 7.35. The van der Waals surface area contributed by atoms with E-state index < -0.39 is 0 Å². The lowest BCUT2D eigenvalue weighted by molar-refractivity contribution is -0.115. The summed E-state index contributed by atoms with van der Waals surface area (Å²) in [5.74, 6) is -0.384. The zero-order valence-electron chi connectivity index (χ0n) is 16.0. The first kappa shape index (κ1) is 18.7. The van der Waals surface area contributed by atoms with Gasteiger partial charge in [-0.25, -0.2) is 4.39 Å². The maximum Gasteiger partial charge on any atom is 0.228 e. The number of nitrogens with one attached hydrogen (secondary N) is 1. The van der Waals surface area contributed by atoms with Crippen LogP contribution in [0.25, 0.3) is 0 Å². The largest absolute Gasteiger partial charge is 0.378 e. The van der Waals surface area contributed by atoms with Gasteiger partial charge < -0.3 is 19.9 Å². The minimum absolute atomic E-state index is 0.0915. The summed E-state index contributed by atoms with van der Waals surface area (Å²) in [6.45, 7) is 5.17. The van der Waals surface area contributed by atoms with Crippen molar-refractivity contribution in [2.24, 2.45) is 0 Å². The van der Waals surface area contributed by atoms with Crippen molar-refractivity contribution < 1.29 is 13.9 Å². The lowest BCUT2D eigenvalue weighted by Gasteiger charge is -2.30. The van der Waals surface area contributed by atoms with E-state index in [4.69, 9.17) is 4.74 Å². The van der Waals surface area contributed by atoms with Crippen LogP contribution in [0.2, 0.25) is 0 Å². The van der Waals surface area contributed by atoms with Crippen LogP contribution in [0.15, 0.2) is 42.5 Å². The number of carbonyl (C=O) groups is 1. The molecule has 0 spiro atoms. The molecule has 0 unspecified atom stereocenters. The average molecular weight is 383 g/mol. The fourth-order valence-corrected chi connectivity index (χ4v) is 3.86. The number of carbonyl (C=O) groups excluding carboxylic acids is 1. The van der Waals surface area contributed by atoms with Gasteiger partial charge in [-0.05, 0) is 48.7 Å². The van der Waals surface area contributed by atoms with Crippen molar-refractivity contribution in [3.05, 3.63) is 53.8 Å². The van der Waals surface area contributed by atoms with E-state index in [-0.39, 0.29) is 18.1 Å². The molecule has 0 radical (unpaired) electrons. The molecule has 0 bridgehead atoms. The maximum atomic E-state index is 13.1. The maximum absolute atomic E-state index is 13.1. The SMILES string of the molecule is O=C(Cc1ccc(F)cc1)Nc1cc(N2CCOCC2)ccc1N1CCCC1. The number of benzene rings is 2. The number of ether oxygens (including phenoxy) is 1. The number of nitrogens with zero attached hydrogens (tertiary/aromatic N) is 2. The summed E-state index contributed by atoms with van der Waals surface area (Å²) < 4.78 is 18.5. The highest BCUT2D eigenvalue weighted by Crippen LogP contribution is 2.33. The molecule has 2 aromatic rings. The molecular weight excluding hydrogens is 357 g/mol. The second-order valence-electron chi connectivity index (χ2n) is 7.35. The Kier molecular flexibility index (Phi) is 5.76. The normalized spacial score (nSPS) is 17.0. The molecule has 2 aliphatic rings. The Labute approximate surface area is 165 Å². The van der Waals surface area contributed by atoms with Gasteiger partial charge in [0.1, 0.15) is 5.82 Å². The van der Waals surface area contributed by atoms with Gasteiger partial charge in [-0.1, -0.05) is 12.1 Å². The zero-order chi connectivity index (χ0) is 19.3. The quantitative estimate of drug-likeness (QED) is 0.859. The van der Waals surface area contributed by atoms with Crippen LogP contribution in [0.5, 0.6) is 0 Å². The van der Waals surface area contributed by atoms with E-state index in [1.807, 2.05) is 0 Å². The van der Waals surface area contributed by atoms with Gasteiger partial charge in [-0.15, -0.1) is 0 Å². The molecule has 0 aliphatic carbocycles. The molecule has 2 aliphatic heterocycles. The Morgan fingerprint density at radius 1 is 0.964 bits per heavy atom. The van der Waals surface area contributed by atoms with Gasteiger partial charge in [0.15, 0.2) is 0 Å². The molecule has 148 valence electrons. The van der Waals surface area contributed by atoms with E-state index in [2.05, 4.69) is 33.3 Å². The molecule has 0 saturated carbocycles. The number of halogens is 1. The van der Waals surface area contributed by atoms with Crippen LogP contribution in [0.3, 0.4) is 0 Å². The topological polar surface area (TPSA) is 44.8 Å². The molecule has 2 aromatic carbocycles. The Hall–Kier alpha value is -2.60. The summed E-state index contributed by atoms with van der Waals surface area (Å²) in [5.41, 5.74) is 3.81. The highest BCUT2D eigenvalue weighted by Gasteiger charge is 2.19. The first-order valence-corrected chi connectivity index (χ1v) is 9.95. The summed E-state index contributed by atoms with van der Waals surface area (Å²) in [6.07, 6.45) is 2.57. The van der Waals surface area contributed by atoms with Crippen molar-refractivity contribution in [2.45, 2.75) is 19.3 Å². The Balaban J connectivity index is 1.54. The Morgan fingerprint density at radius 3 is 2.39 bits per heavy atom. The summed E-state index contributed by atoms with van der Waals surface area (Å²) in [7, 11) is 0. The van der Waals surface area contributed by atoms with E-state index in [0.29, 0.717) is 0 Å². The number of hydrogen-bond acceptors (Lipinski definition) is 4. The fraction of sp³-hybridized carbons (Fsp3) is 0.409. The third kappa shape index (κ3) is 4.44. The number of rotatable bonds is 5. The molecule has 1 amide bonds. The third-order valence-electron chi connectivity index (χ3n) is 5.36. The number of morpholine rings is 1. The van der Waals surface area contributed by atoms with E-state index in [9.17, 15) is 9.18 Å². The molecule has 5 nitrogen and oxygen atoms in total. The molecule has 2 heterocycles. The van der Waals surface area contributed by atoms with Crippen LogP contribution in [-0.4, -0.2) is 45.3 Å².